The van der Waals surface area contributed by atoms with Crippen molar-refractivity contribution in [1.82, 2.24) is 0 Å². The maximum atomic E-state index is 2.30. The molecule has 0 aliphatic heterocycles. The van der Waals surface area contributed by atoms with E-state index in [0.717, 1.165) is 5.92 Å². The molecule has 216 valence electrons. The van der Waals surface area contributed by atoms with Gasteiger partial charge < -0.3 is 0 Å². The molecule has 0 N–H and O–H groups in total. The molecule has 0 radical (unpaired) electrons. The summed E-state index contributed by atoms with van der Waals surface area (Å²) in [4.78, 5) is 0. The maximum Gasteiger partial charge on any atom is 0.0158 e. The molecule has 4 aromatic carbocycles. The molecule has 0 bridgehead atoms. The predicted molar refractivity (Wildman–Crippen MR) is 181 cm³/mol. The van der Waals surface area contributed by atoms with Crippen molar-refractivity contribution < 1.29 is 0 Å². The van der Waals surface area contributed by atoms with Gasteiger partial charge >= 0.3 is 0 Å². The summed E-state index contributed by atoms with van der Waals surface area (Å²) in [6.07, 6.45) is 2.50. The van der Waals surface area contributed by atoms with E-state index in [9.17, 15) is 0 Å². The molecule has 0 fully saturated rings. The highest BCUT2D eigenvalue weighted by molar-refractivity contribution is 5.80. The number of rotatable bonds is 2. The van der Waals surface area contributed by atoms with Crippen LogP contribution in [0.4, 0.5) is 0 Å². The van der Waals surface area contributed by atoms with Gasteiger partial charge in [-0.3, -0.25) is 0 Å². The van der Waals surface area contributed by atoms with Gasteiger partial charge in [-0.25, -0.2) is 0 Å². The minimum atomic E-state index is 0.0858. The second-order valence-corrected chi connectivity index (χ2v) is 12.2. The first-order chi connectivity index (χ1) is 19.0. The van der Waals surface area contributed by atoms with Crippen molar-refractivity contribution >= 4 is 0 Å². The summed E-state index contributed by atoms with van der Waals surface area (Å²) in [7, 11) is 0. The van der Waals surface area contributed by atoms with E-state index in [2.05, 4.69) is 185 Å². The summed E-state index contributed by atoms with van der Waals surface area (Å²) >= 11 is 0. The molecule has 0 heterocycles. The Balaban J connectivity index is 0.000000302. The van der Waals surface area contributed by atoms with Crippen LogP contribution in [0.3, 0.4) is 0 Å². The first-order valence-electron chi connectivity index (χ1n) is 15.3. The van der Waals surface area contributed by atoms with Crippen molar-refractivity contribution in [3.63, 3.8) is 0 Å². The van der Waals surface area contributed by atoms with Gasteiger partial charge in [0.05, 0.1) is 0 Å². The van der Waals surface area contributed by atoms with E-state index in [1.165, 1.54) is 46.2 Å². The normalized spacial score (nSPS) is 12.0. The number of fused-ring (bicyclic) bond motifs is 3. The lowest BCUT2D eigenvalue weighted by Crippen LogP contribution is -2.18. The van der Waals surface area contributed by atoms with Crippen molar-refractivity contribution in [1.29, 1.82) is 0 Å². The van der Waals surface area contributed by atoms with Gasteiger partial charge in [-0.1, -0.05) is 198 Å². The lowest BCUT2D eigenvalue weighted by Gasteiger charge is -2.25. The zero-order valence-corrected chi connectivity index (χ0v) is 27.4. The Bertz CT molecular complexity index is 1100. The zero-order chi connectivity index (χ0) is 30.2. The van der Waals surface area contributed by atoms with Gasteiger partial charge in [0.25, 0.3) is 0 Å². The van der Waals surface area contributed by atoms with Crippen molar-refractivity contribution in [2.45, 2.75) is 99.8 Å². The third kappa shape index (κ3) is 10.1. The molecule has 0 amide bonds. The Kier molecular flexibility index (Phi) is 15.3. The van der Waals surface area contributed by atoms with Gasteiger partial charge in [0.2, 0.25) is 0 Å². The molecule has 5 rings (SSSR count). The average molecular weight is 537 g/mol. The van der Waals surface area contributed by atoms with E-state index in [-0.39, 0.29) is 10.8 Å². The summed E-state index contributed by atoms with van der Waals surface area (Å²) < 4.78 is 0. The van der Waals surface area contributed by atoms with E-state index < -0.39 is 0 Å². The molecular formula is C40H56. The van der Waals surface area contributed by atoms with Crippen molar-refractivity contribution in [2.24, 2.45) is 5.92 Å². The van der Waals surface area contributed by atoms with Gasteiger partial charge in [0.1, 0.15) is 0 Å². The quantitative estimate of drug-likeness (QED) is 0.239. The molecule has 0 heteroatoms. The standard InChI is InChI=1S/C15H14.C15H16.C4H10.2C3H8/c1-15(2)13-9-5-3-7-11(13)12-8-4-6-10-14(12)15;1-15(2,13-9-5-3-6-10-13)14-11-7-4-8-12-14;1-4(2)3;2*1-3-2/h3-10H,1-2H3;3-12H,1-2H3;4H,1-3H3;2*3H2,1-2H3. The average Bonchev–Trinajstić information content (AvgIpc) is 3.18. The Morgan fingerprint density at radius 3 is 1.05 bits per heavy atom. The first-order valence-corrected chi connectivity index (χ1v) is 15.3. The third-order valence-electron chi connectivity index (χ3n) is 6.48. The molecule has 0 unspecified atom stereocenters. The minimum absolute atomic E-state index is 0.0858. The molecule has 0 aromatic heterocycles. The van der Waals surface area contributed by atoms with E-state index in [1.54, 1.807) is 0 Å². The van der Waals surface area contributed by atoms with Crippen LogP contribution in [0.5, 0.6) is 0 Å². The van der Waals surface area contributed by atoms with Crippen molar-refractivity contribution in [3.05, 3.63) is 131 Å². The summed E-state index contributed by atoms with van der Waals surface area (Å²) in [5, 5.41) is 0. The Morgan fingerprint density at radius 1 is 0.500 bits per heavy atom. The maximum absolute atomic E-state index is 2.30. The molecule has 4 aromatic rings. The van der Waals surface area contributed by atoms with Gasteiger partial charge in [-0.05, 0) is 39.3 Å². The van der Waals surface area contributed by atoms with Crippen LogP contribution in [0, 0.1) is 5.92 Å². The topological polar surface area (TPSA) is 0 Å². The van der Waals surface area contributed by atoms with Gasteiger partial charge in [-0.2, -0.15) is 0 Å². The Labute approximate surface area is 247 Å². The Morgan fingerprint density at radius 2 is 0.750 bits per heavy atom. The van der Waals surface area contributed by atoms with Crippen LogP contribution in [0.15, 0.2) is 109 Å². The van der Waals surface area contributed by atoms with Gasteiger partial charge in [-0.15, -0.1) is 0 Å². The fraction of sp³-hybridized carbons (Fsp3) is 0.400. The summed E-state index contributed by atoms with van der Waals surface area (Å²) in [6, 6.07) is 38.7. The Hall–Kier alpha value is -3.12. The number of benzene rings is 4. The highest BCUT2D eigenvalue weighted by atomic mass is 14.4. The first kappa shape index (κ1) is 34.9. The van der Waals surface area contributed by atoms with Crippen molar-refractivity contribution in [2.75, 3.05) is 0 Å². The van der Waals surface area contributed by atoms with E-state index in [4.69, 9.17) is 0 Å². The van der Waals surface area contributed by atoms with E-state index in [0.29, 0.717) is 0 Å². The SMILES string of the molecule is CC(C)(c1ccccc1)c1ccccc1.CC(C)C.CC1(C)c2ccccc2-c2ccccc21.CCC.CCC. The highest BCUT2D eigenvalue weighted by Gasteiger charge is 2.34. The molecule has 1 aliphatic carbocycles. The monoisotopic (exact) mass is 536 g/mol. The van der Waals surface area contributed by atoms with Crippen LogP contribution in [-0.2, 0) is 10.8 Å². The van der Waals surface area contributed by atoms with Crippen LogP contribution in [-0.4, -0.2) is 0 Å². The zero-order valence-electron chi connectivity index (χ0n) is 27.4. The predicted octanol–water partition coefficient (Wildman–Crippen LogP) is 12.5. The lowest BCUT2D eigenvalue weighted by molar-refractivity contribution is 0.641. The molecule has 0 nitrogen and oxygen atoms in total. The smallest absolute Gasteiger partial charge is 0.0158 e. The van der Waals surface area contributed by atoms with Crippen LogP contribution in [0.25, 0.3) is 11.1 Å². The molecule has 0 spiro atoms. The molecule has 40 heavy (non-hydrogen) atoms. The van der Waals surface area contributed by atoms with Crippen molar-refractivity contribution in [3.8, 4) is 11.1 Å². The summed E-state index contributed by atoms with van der Waals surface area (Å²) in [6.45, 7) is 24.1. The summed E-state index contributed by atoms with van der Waals surface area (Å²) in [5.74, 6) is 0.833. The highest BCUT2D eigenvalue weighted by Crippen LogP contribution is 2.48. The third-order valence-corrected chi connectivity index (χ3v) is 6.48. The van der Waals surface area contributed by atoms with E-state index in [1.807, 2.05) is 0 Å². The number of hydrogen-bond acceptors (Lipinski definition) is 0. The van der Waals surface area contributed by atoms with Crippen LogP contribution >= 0.6 is 0 Å². The lowest BCUT2D eigenvalue weighted by atomic mass is 9.78. The fourth-order valence-electron chi connectivity index (χ4n) is 4.55. The minimum Gasteiger partial charge on any atom is -0.0656 e. The van der Waals surface area contributed by atoms with Crippen LogP contribution in [0.1, 0.15) is 111 Å². The fourth-order valence-corrected chi connectivity index (χ4v) is 4.55. The molecular weight excluding hydrogens is 480 g/mol. The number of hydrogen-bond donors (Lipinski definition) is 0. The molecule has 0 atom stereocenters. The molecule has 0 saturated heterocycles. The van der Waals surface area contributed by atoms with Gasteiger partial charge in [0.15, 0.2) is 0 Å². The summed E-state index contributed by atoms with van der Waals surface area (Å²) in [5.41, 5.74) is 8.66. The molecule has 0 saturated carbocycles. The largest absolute Gasteiger partial charge is 0.0656 e. The molecule has 1 aliphatic rings. The van der Waals surface area contributed by atoms with Crippen LogP contribution < -0.4 is 0 Å². The second kappa shape index (κ2) is 17.5. The second-order valence-electron chi connectivity index (χ2n) is 12.2. The van der Waals surface area contributed by atoms with Crippen LogP contribution in [0.2, 0.25) is 0 Å². The van der Waals surface area contributed by atoms with E-state index >= 15 is 0 Å². The van der Waals surface area contributed by atoms with Gasteiger partial charge in [0, 0.05) is 10.8 Å².